The molecule has 1 heterocycles. The van der Waals surface area contributed by atoms with Crippen LogP contribution < -0.4 is 15.5 Å². The highest BCUT2D eigenvalue weighted by molar-refractivity contribution is 14.0. The van der Waals surface area contributed by atoms with Gasteiger partial charge in [-0.3, -0.25) is 4.79 Å². The highest BCUT2D eigenvalue weighted by atomic mass is 127. The van der Waals surface area contributed by atoms with E-state index in [1.807, 2.05) is 36.9 Å². The molecule has 0 fully saturated rings. The molecule has 0 saturated carbocycles. The first-order valence-corrected chi connectivity index (χ1v) is 8.74. The fraction of sp³-hybridized carbons (Fsp3) is 0.556. The van der Waals surface area contributed by atoms with Crippen molar-refractivity contribution in [3.05, 3.63) is 29.8 Å². The molecule has 0 spiro atoms. The number of guanidine groups is 1. The van der Waals surface area contributed by atoms with E-state index in [0.717, 1.165) is 31.6 Å². The summed E-state index contributed by atoms with van der Waals surface area (Å²) < 4.78 is 5.30. The number of ether oxygens (including phenoxy) is 1. The summed E-state index contributed by atoms with van der Waals surface area (Å²) in [5.74, 6) is 0.681. The fourth-order valence-corrected chi connectivity index (χ4v) is 2.75. The molecule has 1 aliphatic heterocycles. The molecule has 0 unspecified atom stereocenters. The van der Waals surface area contributed by atoms with Crippen LogP contribution in [0, 0.1) is 0 Å². The van der Waals surface area contributed by atoms with Crippen LogP contribution in [0.25, 0.3) is 0 Å². The van der Waals surface area contributed by atoms with Crippen molar-refractivity contribution in [1.82, 2.24) is 10.6 Å². The van der Waals surface area contributed by atoms with Crippen molar-refractivity contribution in [2.24, 2.45) is 4.99 Å². The van der Waals surface area contributed by atoms with Crippen LogP contribution in [0.1, 0.15) is 25.8 Å². The number of aliphatic imine (C=N–C) groups is 1. The largest absolute Gasteiger partial charge is 0.380 e. The summed E-state index contributed by atoms with van der Waals surface area (Å²) in [4.78, 5) is 18.8. The molecule has 1 aromatic rings. The normalized spacial score (nSPS) is 13.7. The number of halogens is 1. The number of hydrogen-bond donors (Lipinski definition) is 2. The highest BCUT2D eigenvalue weighted by Gasteiger charge is 2.21. The molecule has 2 N–H and O–H groups in total. The lowest BCUT2D eigenvalue weighted by atomic mass is 10.0. The third kappa shape index (κ3) is 6.81. The van der Waals surface area contributed by atoms with Gasteiger partial charge in [-0.1, -0.05) is 18.2 Å². The topological polar surface area (TPSA) is 66.0 Å². The van der Waals surface area contributed by atoms with Crippen molar-refractivity contribution < 1.29 is 9.53 Å². The molecule has 6 nitrogen and oxygen atoms in total. The van der Waals surface area contributed by atoms with E-state index in [1.165, 1.54) is 5.56 Å². The van der Waals surface area contributed by atoms with Gasteiger partial charge in [0.05, 0.1) is 6.61 Å². The Morgan fingerprint density at radius 2 is 2.08 bits per heavy atom. The smallest absolute Gasteiger partial charge is 0.248 e. The van der Waals surface area contributed by atoms with E-state index in [4.69, 9.17) is 4.74 Å². The summed E-state index contributed by atoms with van der Waals surface area (Å²) in [6.45, 7) is 7.60. The molecule has 1 amide bonds. The molecule has 1 aliphatic rings. The molecule has 25 heavy (non-hydrogen) atoms. The predicted octanol–water partition coefficient (Wildman–Crippen LogP) is 2.18. The van der Waals surface area contributed by atoms with Gasteiger partial charge in [0, 0.05) is 31.9 Å². The number of anilines is 1. The summed E-state index contributed by atoms with van der Waals surface area (Å²) in [6, 6.07) is 8.11. The first kappa shape index (κ1) is 21.7. The number of amides is 1. The minimum absolute atomic E-state index is 0. The van der Waals surface area contributed by atoms with Crippen LogP contribution in [0.5, 0.6) is 0 Å². The van der Waals surface area contributed by atoms with Gasteiger partial charge in [-0.15, -0.1) is 24.0 Å². The molecular weight excluding hydrogens is 431 g/mol. The lowest BCUT2D eigenvalue weighted by molar-refractivity contribution is -0.117. The average Bonchev–Trinajstić information content (AvgIpc) is 2.62. The summed E-state index contributed by atoms with van der Waals surface area (Å²) in [7, 11) is 0. The Kier molecular flexibility index (Phi) is 10.5. The Morgan fingerprint density at radius 1 is 1.28 bits per heavy atom. The van der Waals surface area contributed by atoms with E-state index < -0.39 is 0 Å². The number of fused-ring (bicyclic) bond motifs is 1. The minimum Gasteiger partial charge on any atom is -0.380 e. The van der Waals surface area contributed by atoms with Crippen LogP contribution in [-0.2, 0) is 16.0 Å². The monoisotopic (exact) mass is 460 g/mol. The van der Waals surface area contributed by atoms with E-state index >= 15 is 0 Å². The third-order valence-electron chi connectivity index (χ3n) is 3.87. The SMILES string of the molecule is CCNC(=NCC(=O)N1CCCc2ccccc21)NCCOCC.I. The number of carbonyl (C=O) groups is 1. The Balaban J connectivity index is 0.00000312. The second-order valence-corrected chi connectivity index (χ2v) is 5.60. The first-order valence-electron chi connectivity index (χ1n) is 8.74. The van der Waals surface area contributed by atoms with Crippen LogP contribution >= 0.6 is 24.0 Å². The number of aryl methyl sites for hydroxylation is 1. The average molecular weight is 460 g/mol. The molecule has 7 heteroatoms. The van der Waals surface area contributed by atoms with E-state index in [0.29, 0.717) is 25.7 Å². The third-order valence-corrected chi connectivity index (χ3v) is 3.87. The van der Waals surface area contributed by atoms with Gasteiger partial charge >= 0.3 is 0 Å². The van der Waals surface area contributed by atoms with Gasteiger partial charge in [0.2, 0.25) is 5.91 Å². The molecule has 0 radical (unpaired) electrons. The molecule has 1 aromatic carbocycles. The Morgan fingerprint density at radius 3 is 2.84 bits per heavy atom. The van der Waals surface area contributed by atoms with Gasteiger partial charge in [0.15, 0.2) is 5.96 Å². The molecule has 0 aromatic heterocycles. The molecular formula is C18H29IN4O2. The minimum atomic E-state index is 0. The van der Waals surface area contributed by atoms with Gasteiger partial charge in [-0.05, 0) is 38.3 Å². The number of carbonyl (C=O) groups excluding carboxylic acids is 1. The van der Waals surface area contributed by atoms with Gasteiger partial charge in [0.1, 0.15) is 6.54 Å². The number of hydrogen-bond acceptors (Lipinski definition) is 3. The Bertz CT molecular complexity index is 566. The van der Waals surface area contributed by atoms with Crippen molar-refractivity contribution >= 4 is 41.5 Å². The van der Waals surface area contributed by atoms with Crippen molar-refractivity contribution in [2.45, 2.75) is 26.7 Å². The molecule has 0 bridgehead atoms. The highest BCUT2D eigenvalue weighted by Crippen LogP contribution is 2.26. The van der Waals surface area contributed by atoms with Crippen LogP contribution in [0.2, 0.25) is 0 Å². The van der Waals surface area contributed by atoms with Crippen LogP contribution in [0.4, 0.5) is 5.69 Å². The summed E-state index contributed by atoms with van der Waals surface area (Å²) in [6.07, 6.45) is 2.03. The van der Waals surface area contributed by atoms with Crippen LogP contribution in [0.3, 0.4) is 0 Å². The predicted molar refractivity (Wildman–Crippen MR) is 113 cm³/mol. The first-order chi connectivity index (χ1) is 11.8. The maximum Gasteiger partial charge on any atom is 0.248 e. The van der Waals surface area contributed by atoms with E-state index in [1.54, 1.807) is 0 Å². The lowest BCUT2D eigenvalue weighted by Crippen LogP contribution is -2.41. The number of benzene rings is 1. The lowest BCUT2D eigenvalue weighted by Gasteiger charge is -2.29. The van der Waals surface area contributed by atoms with Crippen molar-refractivity contribution in [1.29, 1.82) is 0 Å². The zero-order valence-electron chi connectivity index (χ0n) is 15.1. The van der Waals surface area contributed by atoms with E-state index in [2.05, 4.69) is 21.7 Å². The zero-order chi connectivity index (χ0) is 17.2. The number of para-hydroxylation sites is 1. The quantitative estimate of drug-likeness (QED) is 0.284. The Hall–Kier alpha value is -1.35. The molecule has 0 atom stereocenters. The Labute approximate surface area is 167 Å². The number of rotatable bonds is 7. The summed E-state index contributed by atoms with van der Waals surface area (Å²) in [5.41, 5.74) is 2.26. The van der Waals surface area contributed by atoms with Crippen molar-refractivity contribution in [3.8, 4) is 0 Å². The van der Waals surface area contributed by atoms with E-state index in [-0.39, 0.29) is 36.4 Å². The molecule has 140 valence electrons. The second kappa shape index (κ2) is 12.1. The summed E-state index contributed by atoms with van der Waals surface area (Å²) in [5, 5.41) is 6.33. The fourth-order valence-electron chi connectivity index (χ4n) is 2.75. The van der Waals surface area contributed by atoms with Crippen molar-refractivity contribution in [2.75, 3.05) is 44.3 Å². The second-order valence-electron chi connectivity index (χ2n) is 5.60. The van der Waals surface area contributed by atoms with Crippen LogP contribution in [0.15, 0.2) is 29.3 Å². The molecule has 0 saturated heterocycles. The number of nitrogens with one attached hydrogen (secondary N) is 2. The molecule has 2 rings (SSSR count). The van der Waals surface area contributed by atoms with E-state index in [9.17, 15) is 4.79 Å². The zero-order valence-corrected chi connectivity index (χ0v) is 17.4. The van der Waals surface area contributed by atoms with Gasteiger partial charge in [-0.25, -0.2) is 4.99 Å². The maximum atomic E-state index is 12.6. The van der Waals surface area contributed by atoms with Gasteiger partial charge in [0.25, 0.3) is 0 Å². The van der Waals surface area contributed by atoms with Gasteiger partial charge < -0.3 is 20.3 Å². The number of nitrogens with zero attached hydrogens (tertiary/aromatic N) is 2. The summed E-state index contributed by atoms with van der Waals surface area (Å²) >= 11 is 0. The molecule has 0 aliphatic carbocycles. The van der Waals surface area contributed by atoms with Crippen molar-refractivity contribution in [3.63, 3.8) is 0 Å². The van der Waals surface area contributed by atoms with Gasteiger partial charge in [-0.2, -0.15) is 0 Å². The maximum absolute atomic E-state index is 12.6. The standard InChI is InChI=1S/C18H28N4O2.HI/c1-3-19-18(20-11-13-24-4-2)21-14-17(23)22-12-7-9-15-8-5-6-10-16(15)22;/h5-6,8,10H,3-4,7,9,11-14H2,1-2H3,(H2,19,20,21);1H. The van der Waals surface area contributed by atoms with Crippen LogP contribution in [-0.4, -0.2) is 51.3 Å².